The molecule has 0 spiro atoms. The van der Waals surface area contributed by atoms with Crippen molar-refractivity contribution in [3.63, 3.8) is 0 Å². The van der Waals surface area contributed by atoms with E-state index in [1.54, 1.807) is 4.90 Å². The van der Waals surface area contributed by atoms with Gasteiger partial charge in [-0.15, -0.1) is 0 Å². The highest BCUT2D eigenvalue weighted by molar-refractivity contribution is 5.47. The summed E-state index contributed by atoms with van der Waals surface area (Å²) in [5.74, 6) is 0. The maximum Gasteiger partial charge on any atom is 0.209 e. The number of carbonyl (C=O) groups excluding carboxylic acids is 1. The number of nitrogens with zero attached hydrogens (tertiary/aromatic N) is 1. The Hall–Kier alpha value is -0.530. The van der Waals surface area contributed by atoms with Crippen LogP contribution in [0.1, 0.15) is 27.2 Å². The van der Waals surface area contributed by atoms with Crippen LogP contribution in [0.2, 0.25) is 0 Å². The average molecular weight is 129 g/mol. The highest BCUT2D eigenvalue weighted by atomic mass is 16.1. The summed E-state index contributed by atoms with van der Waals surface area (Å²) >= 11 is 0. The number of carbonyl (C=O) groups is 1. The fourth-order valence-corrected chi connectivity index (χ4v) is 0.725. The Balaban J connectivity index is 3.63. The van der Waals surface area contributed by atoms with Gasteiger partial charge >= 0.3 is 0 Å². The molecule has 0 aromatic rings. The van der Waals surface area contributed by atoms with Crippen molar-refractivity contribution >= 4 is 6.41 Å². The summed E-state index contributed by atoms with van der Waals surface area (Å²) in [5, 5.41) is 0. The molecule has 0 aromatic heterocycles. The molecule has 2 heteroatoms. The van der Waals surface area contributed by atoms with Crippen molar-refractivity contribution in [2.24, 2.45) is 0 Å². The number of rotatable bonds is 4. The molecule has 0 bridgehead atoms. The molecule has 0 saturated carbocycles. The molecule has 0 aromatic carbocycles. The third-order valence-electron chi connectivity index (χ3n) is 1.66. The summed E-state index contributed by atoms with van der Waals surface area (Å²) in [5.41, 5.74) is 0. The lowest BCUT2D eigenvalue weighted by atomic mass is 10.2. The fourth-order valence-electron chi connectivity index (χ4n) is 0.725. The SMILES string of the molecule is CCC(C)N(C=O)CC. The highest BCUT2D eigenvalue weighted by Gasteiger charge is 2.04. The van der Waals surface area contributed by atoms with Gasteiger partial charge in [0.05, 0.1) is 0 Å². The van der Waals surface area contributed by atoms with Crippen molar-refractivity contribution in [2.45, 2.75) is 33.2 Å². The van der Waals surface area contributed by atoms with Gasteiger partial charge in [-0.2, -0.15) is 0 Å². The quantitative estimate of drug-likeness (QED) is 0.523. The van der Waals surface area contributed by atoms with Crippen molar-refractivity contribution in [3.05, 3.63) is 0 Å². The van der Waals surface area contributed by atoms with Gasteiger partial charge in [0.15, 0.2) is 0 Å². The molecule has 0 saturated heterocycles. The van der Waals surface area contributed by atoms with Gasteiger partial charge in [0.2, 0.25) is 6.41 Å². The minimum atomic E-state index is 0.396. The first-order chi connectivity index (χ1) is 4.26. The molecule has 1 unspecified atom stereocenters. The summed E-state index contributed by atoms with van der Waals surface area (Å²) in [7, 11) is 0. The molecule has 0 fully saturated rings. The molecule has 0 heterocycles. The van der Waals surface area contributed by atoms with Crippen LogP contribution in [0.25, 0.3) is 0 Å². The van der Waals surface area contributed by atoms with Crippen LogP contribution in [0, 0.1) is 0 Å². The highest BCUT2D eigenvalue weighted by Crippen LogP contribution is 1.98. The zero-order valence-electron chi connectivity index (χ0n) is 6.42. The summed E-state index contributed by atoms with van der Waals surface area (Å²) in [6.07, 6.45) is 1.95. The zero-order chi connectivity index (χ0) is 7.28. The van der Waals surface area contributed by atoms with Gasteiger partial charge in [-0.3, -0.25) is 4.79 Å². The molecule has 1 atom stereocenters. The topological polar surface area (TPSA) is 20.3 Å². The largest absolute Gasteiger partial charge is 0.343 e. The smallest absolute Gasteiger partial charge is 0.209 e. The third kappa shape index (κ3) is 2.49. The molecule has 0 rings (SSSR count). The Bertz CT molecular complexity index is 83.0. The standard InChI is InChI=1S/C7H15NO/c1-4-7(3)8(5-2)6-9/h6-7H,4-5H2,1-3H3. The first kappa shape index (κ1) is 8.47. The maximum atomic E-state index is 10.3. The first-order valence-corrected chi connectivity index (χ1v) is 3.47. The molecule has 54 valence electrons. The lowest BCUT2D eigenvalue weighted by Gasteiger charge is -2.21. The Labute approximate surface area is 56.9 Å². The molecule has 1 amide bonds. The molecule has 2 nitrogen and oxygen atoms in total. The normalized spacial score (nSPS) is 12.8. The van der Waals surface area contributed by atoms with Crippen molar-refractivity contribution in [1.29, 1.82) is 0 Å². The maximum absolute atomic E-state index is 10.3. The minimum Gasteiger partial charge on any atom is -0.343 e. The molecule has 0 N–H and O–H groups in total. The zero-order valence-corrected chi connectivity index (χ0v) is 6.42. The fraction of sp³-hybridized carbons (Fsp3) is 0.857. The van der Waals surface area contributed by atoms with Gasteiger partial charge in [0.1, 0.15) is 0 Å². The van der Waals surface area contributed by atoms with E-state index < -0.39 is 0 Å². The second-order valence-corrected chi connectivity index (χ2v) is 2.19. The van der Waals surface area contributed by atoms with Gasteiger partial charge in [0.25, 0.3) is 0 Å². The van der Waals surface area contributed by atoms with Crippen molar-refractivity contribution in [1.82, 2.24) is 4.90 Å². The summed E-state index contributed by atoms with van der Waals surface area (Å²) in [6, 6.07) is 0.396. The molecule has 0 aliphatic carbocycles. The molecule has 9 heavy (non-hydrogen) atoms. The van der Waals surface area contributed by atoms with E-state index in [1.165, 1.54) is 0 Å². The van der Waals surface area contributed by atoms with E-state index in [2.05, 4.69) is 13.8 Å². The third-order valence-corrected chi connectivity index (χ3v) is 1.66. The van der Waals surface area contributed by atoms with E-state index in [0.717, 1.165) is 19.4 Å². The van der Waals surface area contributed by atoms with Gasteiger partial charge < -0.3 is 4.90 Å². The second kappa shape index (κ2) is 4.36. The predicted octanol–water partition coefficient (Wildman–Crippen LogP) is 1.26. The number of hydrogen-bond donors (Lipinski definition) is 0. The molecule has 0 radical (unpaired) electrons. The summed E-state index contributed by atoms with van der Waals surface area (Å²) < 4.78 is 0. The summed E-state index contributed by atoms with van der Waals surface area (Å²) in [6.45, 7) is 6.94. The van der Waals surface area contributed by atoms with Crippen molar-refractivity contribution in [2.75, 3.05) is 6.54 Å². The van der Waals surface area contributed by atoms with E-state index >= 15 is 0 Å². The van der Waals surface area contributed by atoms with Crippen LogP contribution >= 0.6 is 0 Å². The lowest BCUT2D eigenvalue weighted by Crippen LogP contribution is -2.30. The van der Waals surface area contributed by atoms with E-state index in [0.29, 0.717) is 6.04 Å². The number of amides is 1. The Morgan fingerprint density at radius 3 is 2.22 bits per heavy atom. The van der Waals surface area contributed by atoms with Crippen molar-refractivity contribution in [3.8, 4) is 0 Å². The van der Waals surface area contributed by atoms with Crippen LogP contribution in [0.15, 0.2) is 0 Å². The van der Waals surface area contributed by atoms with Gasteiger partial charge in [-0.25, -0.2) is 0 Å². The van der Waals surface area contributed by atoms with E-state index in [1.807, 2.05) is 6.92 Å². The van der Waals surface area contributed by atoms with Crippen LogP contribution in [0.4, 0.5) is 0 Å². The van der Waals surface area contributed by atoms with Crippen LogP contribution in [-0.2, 0) is 4.79 Å². The number of hydrogen-bond acceptors (Lipinski definition) is 1. The van der Waals surface area contributed by atoms with Crippen LogP contribution in [0.3, 0.4) is 0 Å². The van der Waals surface area contributed by atoms with E-state index in [9.17, 15) is 4.79 Å². The molecular weight excluding hydrogens is 114 g/mol. The van der Waals surface area contributed by atoms with Gasteiger partial charge in [0, 0.05) is 12.6 Å². The average Bonchev–Trinajstić information content (AvgIpc) is 1.90. The molecule has 0 aliphatic heterocycles. The molecule has 0 aliphatic rings. The Kier molecular flexibility index (Phi) is 4.10. The van der Waals surface area contributed by atoms with Crippen molar-refractivity contribution < 1.29 is 4.79 Å². The minimum absolute atomic E-state index is 0.396. The van der Waals surface area contributed by atoms with Gasteiger partial charge in [-0.05, 0) is 20.3 Å². The van der Waals surface area contributed by atoms with E-state index in [-0.39, 0.29) is 0 Å². The van der Waals surface area contributed by atoms with Crippen LogP contribution in [0.5, 0.6) is 0 Å². The van der Waals surface area contributed by atoms with Gasteiger partial charge in [-0.1, -0.05) is 6.92 Å². The predicted molar refractivity (Wildman–Crippen MR) is 38.2 cm³/mol. The Morgan fingerprint density at radius 2 is 2.11 bits per heavy atom. The first-order valence-electron chi connectivity index (χ1n) is 3.47. The van der Waals surface area contributed by atoms with Crippen LogP contribution < -0.4 is 0 Å². The van der Waals surface area contributed by atoms with E-state index in [4.69, 9.17) is 0 Å². The lowest BCUT2D eigenvalue weighted by molar-refractivity contribution is -0.119. The molecular formula is C7H15NO. The Morgan fingerprint density at radius 1 is 1.56 bits per heavy atom. The van der Waals surface area contributed by atoms with Crippen LogP contribution in [-0.4, -0.2) is 23.9 Å². The second-order valence-electron chi connectivity index (χ2n) is 2.19. The monoisotopic (exact) mass is 129 g/mol. The summed E-state index contributed by atoms with van der Waals surface area (Å²) in [4.78, 5) is 12.1.